The maximum absolute atomic E-state index is 13.1. The molecule has 6 nitrogen and oxygen atoms in total. The second kappa shape index (κ2) is 8.19. The van der Waals surface area contributed by atoms with Crippen LogP contribution in [0.1, 0.15) is 65.7 Å². The average molecular weight is 378 g/mol. The second-order valence-electron chi connectivity index (χ2n) is 9.39. The van der Waals surface area contributed by atoms with Crippen molar-refractivity contribution in [2.45, 2.75) is 71.8 Å². The van der Waals surface area contributed by atoms with Gasteiger partial charge in [-0.15, -0.1) is 0 Å². The van der Waals surface area contributed by atoms with Gasteiger partial charge in [0.1, 0.15) is 6.04 Å². The largest absolute Gasteiger partial charge is 0.339 e. The molecule has 0 N–H and O–H groups in total. The van der Waals surface area contributed by atoms with Gasteiger partial charge in [-0.3, -0.25) is 14.4 Å². The van der Waals surface area contributed by atoms with Crippen LogP contribution < -0.4 is 0 Å². The molecule has 152 valence electrons. The Labute approximate surface area is 163 Å². The number of carbonyl (C=O) groups excluding carboxylic acids is 3. The van der Waals surface area contributed by atoms with Gasteiger partial charge < -0.3 is 14.7 Å². The van der Waals surface area contributed by atoms with Crippen LogP contribution in [0.2, 0.25) is 0 Å². The predicted molar refractivity (Wildman–Crippen MR) is 104 cm³/mol. The fourth-order valence-electron chi connectivity index (χ4n) is 4.69. The van der Waals surface area contributed by atoms with Crippen molar-refractivity contribution >= 4 is 17.7 Å². The summed E-state index contributed by atoms with van der Waals surface area (Å²) in [6.07, 6.45) is 7.13. The zero-order chi connectivity index (χ0) is 19.6. The van der Waals surface area contributed by atoms with Crippen LogP contribution in [0.5, 0.6) is 0 Å². The molecule has 6 heteroatoms. The molecule has 3 fully saturated rings. The molecule has 1 unspecified atom stereocenters. The Bertz CT molecular complexity index is 570. The predicted octanol–water partition coefficient (Wildman–Crippen LogP) is 2.27. The Hall–Kier alpha value is -1.59. The summed E-state index contributed by atoms with van der Waals surface area (Å²) < 4.78 is 0. The van der Waals surface area contributed by atoms with Crippen LogP contribution >= 0.6 is 0 Å². The van der Waals surface area contributed by atoms with Gasteiger partial charge in [-0.05, 0) is 25.7 Å². The molecule has 2 aliphatic heterocycles. The smallest absolute Gasteiger partial charge is 0.245 e. The molecule has 2 heterocycles. The van der Waals surface area contributed by atoms with E-state index in [1.165, 1.54) is 6.42 Å². The standard InChI is InChI=1S/C21H35N3O3/c1-21(2,3)20(27)23-14-12-22(13-15-23)19(26)17-10-7-11-24(17)18(25)16-8-5-4-6-9-16/h16-17H,4-15H2,1-3H3. The normalized spacial score (nSPS) is 25.0. The Balaban J connectivity index is 1.57. The Morgan fingerprint density at radius 2 is 1.30 bits per heavy atom. The summed E-state index contributed by atoms with van der Waals surface area (Å²) in [6.45, 7) is 8.83. The van der Waals surface area contributed by atoms with E-state index in [2.05, 4.69) is 0 Å². The molecule has 2 saturated heterocycles. The Morgan fingerprint density at radius 1 is 0.704 bits per heavy atom. The van der Waals surface area contributed by atoms with Crippen LogP contribution in [0.15, 0.2) is 0 Å². The molecule has 3 aliphatic rings. The number of hydrogen-bond acceptors (Lipinski definition) is 3. The lowest BCUT2D eigenvalue weighted by atomic mass is 9.88. The third kappa shape index (κ3) is 4.46. The van der Waals surface area contributed by atoms with Crippen molar-refractivity contribution in [3.05, 3.63) is 0 Å². The lowest BCUT2D eigenvalue weighted by Gasteiger charge is -2.39. The number of nitrogens with zero attached hydrogens (tertiary/aromatic N) is 3. The summed E-state index contributed by atoms with van der Waals surface area (Å²) in [4.78, 5) is 44.1. The van der Waals surface area contributed by atoms with E-state index in [0.717, 1.165) is 38.5 Å². The summed E-state index contributed by atoms with van der Waals surface area (Å²) in [5.74, 6) is 0.546. The molecule has 0 bridgehead atoms. The van der Waals surface area contributed by atoms with Gasteiger partial charge in [0, 0.05) is 44.1 Å². The van der Waals surface area contributed by atoms with Gasteiger partial charge in [-0.1, -0.05) is 40.0 Å². The quantitative estimate of drug-likeness (QED) is 0.742. The first-order chi connectivity index (χ1) is 12.8. The van der Waals surface area contributed by atoms with E-state index in [4.69, 9.17) is 0 Å². The van der Waals surface area contributed by atoms with Crippen LogP contribution in [-0.2, 0) is 14.4 Å². The molecule has 0 aromatic rings. The topological polar surface area (TPSA) is 60.9 Å². The summed E-state index contributed by atoms with van der Waals surface area (Å²) in [7, 11) is 0. The van der Waals surface area contributed by atoms with Crippen LogP contribution in [-0.4, -0.2) is 71.2 Å². The Morgan fingerprint density at radius 3 is 1.89 bits per heavy atom. The van der Waals surface area contributed by atoms with Gasteiger partial charge in [0.15, 0.2) is 0 Å². The van der Waals surface area contributed by atoms with Crippen molar-refractivity contribution < 1.29 is 14.4 Å². The van der Waals surface area contributed by atoms with E-state index >= 15 is 0 Å². The number of carbonyl (C=O) groups is 3. The van der Waals surface area contributed by atoms with Crippen molar-refractivity contribution in [2.24, 2.45) is 11.3 Å². The van der Waals surface area contributed by atoms with Gasteiger partial charge in [-0.2, -0.15) is 0 Å². The highest BCUT2D eigenvalue weighted by atomic mass is 16.2. The van der Waals surface area contributed by atoms with Crippen molar-refractivity contribution in [2.75, 3.05) is 32.7 Å². The molecule has 3 amide bonds. The van der Waals surface area contributed by atoms with Gasteiger partial charge >= 0.3 is 0 Å². The maximum Gasteiger partial charge on any atom is 0.245 e. The zero-order valence-electron chi connectivity index (χ0n) is 17.2. The lowest BCUT2D eigenvalue weighted by Crippen LogP contribution is -2.57. The SMILES string of the molecule is CC(C)(C)C(=O)N1CCN(C(=O)C2CCCN2C(=O)C2CCCCC2)CC1. The van der Waals surface area contributed by atoms with Crippen molar-refractivity contribution in [3.63, 3.8) is 0 Å². The highest BCUT2D eigenvalue weighted by Gasteiger charge is 2.40. The van der Waals surface area contributed by atoms with E-state index < -0.39 is 0 Å². The van der Waals surface area contributed by atoms with Crippen molar-refractivity contribution in [1.82, 2.24) is 14.7 Å². The van der Waals surface area contributed by atoms with E-state index in [9.17, 15) is 14.4 Å². The number of piperazine rings is 1. The molecule has 1 aliphatic carbocycles. The third-order valence-electron chi connectivity index (χ3n) is 6.30. The number of hydrogen-bond donors (Lipinski definition) is 0. The fraction of sp³-hybridized carbons (Fsp3) is 0.857. The van der Waals surface area contributed by atoms with Gasteiger partial charge in [0.2, 0.25) is 17.7 Å². The number of amides is 3. The van der Waals surface area contributed by atoms with Crippen molar-refractivity contribution in [3.8, 4) is 0 Å². The van der Waals surface area contributed by atoms with Crippen LogP contribution in [0.4, 0.5) is 0 Å². The minimum atomic E-state index is -0.388. The molecule has 1 atom stereocenters. The third-order valence-corrected chi connectivity index (χ3v) is 6.30. The van der Waals surface area contributed by atoms with E-state index in [1.807, 2.05) is 35.5 Å². The molecular formula is C21H35N3O3. The fourth-order valence-corrected chi connectivity index (χ4v) is 4.69. The highest BCUT2D eigenvalue weighted by Crippen LogP contribution is 2.29. The first kappa shape index (κ1) is 20.2. The summed E-state index contributed by atoms with van der Waals surface area (Å²) in [6, 6.07) is -0.288. The maximum atomic E-state index is 13.1. The monoisotopic (exact) mass is 377 g/mol. The van der Waals surface area contributed by atoms with E-state index in [0.29, 0.717) is 32.7 Å². The van der Waals surface area contributed by atoms with Crippen LogP contribution in [0, 0.1) is 11.3 Å². The molecule has 0 spiro atoms. The minimum Gasteiger partial charge on any atom is -0.339 e. The average Bonchev–Trinajstić information content (AvgIpc) is 3.16. The Kier molecular flexibility index (Phi) is 6.11. The summed E-state index contributed by atoms with van der Waals surface area (Å²) >= 11 is 0. The second-order valence-corrected chi connectivity index (χ2v) is 9.39. The molecular weight excluding hydrogens is 342 g/mol. The number of likely N-dealkylation sites (tertiary alicyclic amines) is 1. The number of rotatable bonds is 2. The van der Waals surface area contributed by atoms with Gasteiger partial charge in [0.25, 0.3) is 0 Å². The highest BCUT2D eigenvalue weighted by molar-refractivity contribution is 5.89. The van der Waals surface area contributed by atoms with E-state index in [-0.39, 0.29) is 35.1 Å². The van der Waals surface area contributed by atoms with Crippen LogP contribution in [0.25, 0.3) is 0 Å². The first-order valence-electron chi connectivity index (χ1n) is 10.7. The van der Waals surface area contributed by atoms with Crippen molar-refractivity contribution in [1.29, 1.82) is 0 Å². The zero-order valence-corrected chi connectivity index (χ0v) is 17.2. The molecule has 0 radical (unpaired) electrons. The molecule has 3 rings (SSSR count). The lowest BCUT2D eigenvalue weighted by molar-refractivity contribution is -0.150. The van der Waals surface area contributed by atoms with Gasteiger partial charge in [-0.25, -0.2) is 0 Å². The molecule has 27 heavy (non-hydrogen) atoms. The summed E-state index contributed by atoms with van der Waals surface area (Å²) in [5, 5.41) is 0. The summed E-state index contributed by atoms with van der Waals surface area (Å²) in [5.41, 5.74) is -0.388. The minimum absolute atomic E-state index is 0.0829. The molecule has 0 aromatic carbocycles. The molecule has 1 saturated carbocycles. The molecule has 0 aromatic heterocycles. The van der Waals surface area contributed by atoms with Crippen LogP contribution in [0.3, 0.4) is 0 Å². The van der Waals surface area contributed by atoms with Gasteiger partial charge in [0.05, 0.1) is 0 Å². The van der Waals surface area contributed by atoms with E-state index in [1.54, 1.807) is 0 Å². The first-order valence-corrected chi connectivity index (χ1v) is 10.7.